The van der Waals surface area contributed by atoms with Crippen molar-refractivity contribution >= 4 is 15.9 Å². The second kappa shape index (κ2) is 6.01. The molecular formula is C16H21BrN4O. The van der Waals surface area contributed by atoms with Gasteiger partial charge in [-0.05, 0) is 42.8 Å². The van der Waals surface area contributed by atoms with E-state index in [0.717, 1.165) is 28.9 Å². The predicted octanol–water partition coefficient (Wildman–Crippen LogP) is 3.41. The van der Waals surface area contributed by atoms with Crippen molar-refractivity contribution in [3.8, 4) is 5.75 Å². The summed E-state index contributed by atoms with van der Waals surface area (Å²) >= 11 is 3.55. The highest BCUT2D eigenvalue weighted by atomic mass is 79.9. The zero-order valence-electron chi connectivity index (χ0n) is 13.1. The highest BCUT2D eigenvalue weighted by Gasteiger charge is 2.23. The second-order valence-electron chi connectivity index (χ2n) is 6.55. The predicted molar refractivity (Wildman–Crippen MR) is 88.9 cm³/mol. The number of ether oxygens (including phenoxy) is 1. The zero-order chi connectivity index (χ0) is 15.7. The van der Waals surface area contributed by atoms with Crippen LogP contribution >= 0.6 is 15.9 Å². The SMILES string of the molecule is CC(C)(C)n1cc(CNC2CCOc3c(Br)cccc32)nn1. The van der Waals surface area contributed by atoms with Crippen LogP contribution in [0.3, 0.4) is 0 Å². The number of hydrogen-bond acceptors (Lipinski definition) is 4. The summed E-state index contributed by atoms with van der Waals surface area (Å²) in [6.45, 7) is 7.77. The lowest BCUT2D eigenvalue weighted by Crippen LogP contribution is -2.27. The third-order valence-electron chi connectivity index (χ3n) is 3.78. The average molecular weight is 365 g/mol. The lowest BCUT2D eigenvalue weighted by molar-refractivity contribution is 0.250. The van der Waals surface area contributed by atoms with E-state index in [2.05, 4.69) is 58.4 Å². The van der Waals surface area contributed by atoms with Gasteiger partial charge in [-0.1, -0.05) is 17.3 Å². The van der Waals surface area contributed by atoms with E-state index in [1.807, 2.05) is 23.0 Å². The molecule has 0 saturated heterocycles. The fourth-order valence-electron chi connectivity index (χ4n) is 2.53. The van der Waals surface area contributed by atoms with Gasteiger partial charge in [0.1, 0.15) is 5.75 Å². The monoisotopic (exact) mass is 364 g/mol. The van der Waals surface area contributed by atoms with Gasteiger partial charge in [-0.2, -0.15) is 0 Å². The Labute approximate surface area is 139 Å². The number of hydrogen-bond donors (Lipinski definition) is 1. The summed E-state index contributed by atoms with van der Waals surface area (Å²) in [5, 5.41) is 12.0. The Bertz CT molecular complexity index is 662. The first-order valence-corrected chi connectivity index (χ1v) is 8.31. The van der Waals surface area contributed by atoms with Gasteiger partial charge in [0, 0.05) is 24.6 Å². The van der Waals surface area contributed by atoms with E-state index in [4.69, 9.17) is 4.74 Å². The Balaban J connectivity index is 1.71. The summed E-state index contributed by atoms with van der Waals surface area (Å²) in [7, 11) is 0. The zero-order valence-corrected chi connectivity index (χ0v) is 14.7. The molecule has 0 saturated carbocycles. The van der Waals surface area contributed by atoms with Gasteiger partial charge >= 0.3 is 0 Å². The van der Waals surface area contributed by atoms with Crippen molar-refractivity contribution in [1.29, 1.82) is 0 Å². The number of aromatic nitrogens is 3. The van der Waals surface area contributed by atoms with Gasteiger partial charge in [0.15, 0.2) is 0 Å². The lowest BCUT2D eigenvalue weighted by atomic mass is 10.0. The van der Waals surface area contributed by atoms with Crippen molar-refractivity contribution in [2.24, 2.45) is 0 Å². The van der Waals surface area contributed by atoms with Gasteiger partial charge in [-0.15, -0.1) is 5.10 Å². The van der Waals surface area contributed by atoms with Gasteiger partial charge < -0.3 is 10.1 Å². The molecule has 5 nitrogen and oxygen atoms in total. The molecular weight excluding hydrogens is 344 g/mol. The summed E-state index contributed by atoms with van der Waals surface area (Å²) in [6.07, 6.45) is 2.96. The van der Waals surface area contributed by atoms with Gasteiger partial charge in [0.2, 0.25) is 0 Å². The number of nitrogens with zero attached hydrogens (tertiary/aromatic N) is 3. The average Bonchev–Trinajstić information content (AvgIpc) is 2.95. The van der Waals surface area contributed by atoms with Crippen LogP contribution in [0.5, 0.6) is 5.75 Å². The minimum atomic E-state index is -0.0403. The normalized spacial score (nSPS) is 17.9. The van der Waals surface area contributed by atoms with Crippen LogP contribution in [0.15, 0.2) is 28.9 Å². The van der Waals surface area contributed by atoms with Crippen LogP contribution in [0.2, 0.25) is 0 Å². The third kappa shape index (κ3) is 3.17. The van der Waals surface area contributed by atoms with Crippen molar-refractivity contribution in [1.82, 2.24) is 20.3 Å². The number of para-hydroxylation sites is 1. The maximum absolute atomic E-state index is 5.77. The molecule has 1 aliphatic heterocycles. The highest BCUT2D eigenvalue weighted by molar-refractivity contribution is 9.10. The van der Waals surface area contributed by atoms with Gasteiger partial charge in [0.25, 0.3) is 0 Å². The molecule has 0 fully saturated rings. The molecule has 118 valence electrons. The van der Waals surface area contributed by atoms with E-state index in [1.165, 1.54) is 5.56 Å². The Morgan fingerprint density at radius 3 is 2.95 bits per heavy atom. The van der Waals surface area contributed by atoms with E-state index in [-0.39, 0.29) is 11.6 Å². The van der Waals surface area contributed by atoms with E-state index >= 15 is 0 Å². The van der Waals surface area contributed by atoms with E-state index in [9.17, 15) is 0 Å². The summed E-state index contributed by atoms with van der Waals surface area (Å²) < 4.78 is 8.68. The standard InChI is InChI=1S/C16H21BrN4O/c1-16(2,3)21-10-11(19-20-21)9-18-14-7-8-22-15-12(14)5-4-6-13(15)17/h4-6,10,14,18H,7-9H2,1-3H3. The van der Waals surface area contributed by atoms with E-state index in [1.54, 1.807) is 0 Å². The largest absolute Gasteiger partial charge is 0.492 e. The van der Waals surface area contributed by atoms with Gasteiger partial charge in [-0.3, -0.25) is 0 Å². The molecule has 0 amide bonds. The highest BCUT2D eigenvalue weighted by Crippen LogP contribution is 2.37. The summed E-state index contributed by atoms with van der Waals surface area (Å²) in [6, 6.07) is 6.45. The van der Waals surface area contributed by atoms with Crippen molar-refractivity contribution in [2.75, 3.05) is 6.61 Å². The summed E-state index contributed by atoms with van der Waals surface area (Å²) in [4.78, 5) is 0. The Hall–Kier alpha value is -1.40. The molecule has 0 aliphatic carbocycles. The molecule has 0 spiro atoms. The first kappa shape index (κ1) is 15.5. The molecule has 1 N–H and O–H groups in total. The molecule has 1 unspecified atom stereocenters. The third-order valence-corrected chi connectivity index (χ3v) is 4.41. The Kier molecular flexibility index (Phi) is 4.23. The maximum Gasteiger partial charge on any atom is 0.138 e. The Morgan fingerprint density at radius 2 is 2.23 bits per heavy atom. The van der Waals surface area contributed by atoms with Crippen LogP contribution in [-0.2, 0) is 12.1 Å². The first-order chi connectivity index (χ1) is 10.4. The quantitative estimate of drug-likeness (QED) is 0.906. The van der Waals surface area contributed by atoms with Crippen LogP contribution < -0.4 is 10.1 Å². The van der Waals surface area contributed by atoms with Crippen molar-refractivity contribution in [3.05, 3.63) is 40.1 Å². The topological polar surface area (TPSA) is 52.0 Å². The smallest absolute Gasteiger partial charge is 0.138 e. The second-order valence-corrected chi connectivity index (χ2v) is 7.41. The van der Waals surface area contributed by atoms with Crippen LogP contribution in [0.1, 0.15) is 44.5 Å². The molecule has 1 aromatic carbocycles. The minimum absolute atomic E-state index is 0.0403. The Morgan fingerprint density at radius 1 is 1.41 bits per heavy atom. The van der Waals surface area contributed by atoms with E-state index < -0.39 is 0 Å². The summed E-state index contributed by atoms with van der Waals surface area (Å²) in [5.41, 5.74) is 2.11. The van der Waals surface area contributed by atoms with Crippen molar-refractivity contribution < 1.29 is 4.74 Å². The van der Waals surface area contributed by atoms with Crippen LogP contribution in [0.25, 0.3) is 0 Å². The fraction of sp³-hybridized carbons (Fsp3) is 0.500. The number of fused-ring (bicyclic) bond motifs is 1. The van der Waals surface area contributed by atoms with Gasteiger partial charge in [-0.25, -0.2) is 4.68 Å². The molecule has 22 heavy (non-hydrogen) atoms. The molecule has 3 rings (SSSR count). The molecule has 0 bridgehead atoms. The van der Waals surface area contributed by atoms with Crippen LogP contribution in [0, 0.1) is 0 Å². The minimum Gasteiger partial charge on any atom is -0.492 e. The van der Waals surface area contributed by atoms with Crippen molar-refractivity contribution in [3.63, 3.8) is 0 Å². The molecule has 1 atom stereocenters. The maximum atomic E-state index is 5.77. The molecule has 6 heteroatoms. The summed E-state index contributed by atoms with van der Waals surface area (Å²) in [5.74, 6) is 0.949. The molecule has 0 radical (unpaired) electrons. The van der Waals surface area contributed by atoms with Crippen molar-refractivity contribution in [2.45, 2.75) is 45.3 Å². The van der Waals surface area contributed by atoms with Crippen LogP contribution in [-0.4, -0.2) is 21.6 Å². The van der Waals surface area contributed by atoms with Crippen LogP contribution in [0.4, 0.5) is 0 Å². The van der Waals surface area contributed by atoms with Gasteiger partial charge in [0.05, 0.1) is 28.5 Å². The molecule has 2 heterocycles. The fourth-order valence-corrected chi connectivity index (χ4v) is 3.03. The number of benzene rings is 1. The van der Waals surface area contributed by atoms with E-state index in [0.29, 0.717) is 6.54 Å². The number of halogens is 1. The number of rotatable bonds is 3. The molecule has 1 aromatic heterocycles. The molecule has 1 aliphatic rings. The first-order valence-electron chi connectivity index (χ1n) is 7.51. The molecule has 2 aromatic rings. The lowest BCUT2D eigenvalue weighted by Gasteiger charge is -2.27. The number of nitrogens with one attached hydrogen (secondary N) is 1.